The van der Waals surface area contributed by atoms with Crippen molar-refractivity contribution in [3.05, 3.63) is 23.9 Å². The van der Waals surface area contributed by atoms with E-state index < -0.39 is 0 Å². The second-order valence-corrected chi connectivity index (χ2v) is 5.10. The van der Waals surface area contributed by atoms with Gasteiger partial charge in [-0.3, -0.25) is 0 Å². The van der Waals surface area contributed by atoms with Crippen molar-refractivity contribution in [2.45, 2.75) is 26.8 Å². The molecule has 1 aromatic heterocycles. The first-order valence-corrected chi connectivity index (χ1v) is 6.04. The van der Waals surface area contributed by atoms with Crippen LogP contribution in [0.4, 0.5) is 5.82 Å². The number of nitrogens with two attached hydrogens (primary N) is 1. The Hall–Kier alpha value is -1.09. The smallest absolute Gasteiger partial charge is 0.128 e. The third-order valence-corrected chi connectivity index (χ3v) is 3.61. The van der Waals surface area contributed by atoms with Gasteiger partial charge in [0.1, 0.15) is 5.82 Å². The molecule has 0 aromatic carbocycles. The highest BCUT2D eigenvalue weighted by Gasteiger charge is 2.26. The van der Waals surface area contributed by atoms with Gasteiger partial charge in [-0.25, -0.2) is 4.98 Å². The van der Waals surface area contributed by atoms with E-state index in [9.17, 15) is 0 Å². The molecule has 1 aliphatic rings. The van der Waals surface area contributed by atoms with Gasteiger partial charge in [0.25, 0.3) is 0 Å². The fraction of sp³-hybridized carbons (Fsp3) is 0.615. The Balaban J connectivity index is 2.11. The summed E-state index contributed by atoms with van der Waals surface area (Å²) in [6.45, 7) is 8.83. The molecule has 2 unspecified atom stereocenters. The number of nitrogens with zero attached hydrogens (tertiary/aromatic N) is 2. The van der Waals surface area contributed by atoms with Crippen molar-refractivity contribution in [3.63, 3.8) is 0 Å². The molecule has 16 heavy (non-hydrogen) atoms. The van der Waals surface area contributed by atoms with Crippen molar-refractivity contribution in [1.29, 1.82) is 0 Å². The van der Waals surface area contributed by atoms with Crippen LogP contribution < -0.4 is 10.6 Å². The fourth-order valence-corrected chi connectivity index (χ4v) is 2.17. The van der Waals surface area contributed by atoms with Crippen molar-refractivity contribution < 1.29 is 0 Å². The summed E-state index contributed by atoms with van der Waals surface area (Å²) in [6, 6.07) is 4.24. The Morgan fingerprint density at radius 1 is 1.31 bits per heavy atom. The number of anilines is 1. The van der Waals surface area contributed by atoms with Gasteiger partial charge < -0.3 is 10.6 Å². The molecule has 1 aromatic rings. The average Bonchev–Trinajstić information content (AvgIpc) is 2.59. The van der Waals surface area contributed by atoms with Gasteiger partial charge in [-0.1, -0.05) is 19.9 Å². The monoisotopic (exact) mass is 219 g/mol. The van der Waals surface area contributed by atoms with Gasteiger partial charge in [0.15, 0.2) is 0 Å². The topological polar surface area (TPSA) is 42.1 Å². The molecule has 0 saturated carbocycles. The first kappa shape index (κ1) is 11.4. The van der Waals surface area contributed by atoms with Gasteiger partial charge in [-0.15, -0.1) is 0 Å². The predicted molar refractivity (Wildman–Crippen MR) is 67.4 cm³/mol. The number of hydrogen-bond donors (Lipinski definition) is 1. The number of pyridine rings is 1. The predicted octanol–water partition coefficient (Wildman–Crippen LogP) is 2.19. The summed E-state index contributed by atoms with van der Waals surface area (Å²) >= 11 is 0. The minimum atomic E-state index is 0.0676. The Morgan fingerprint density at radius 3 is 2.38 bits per heavy atom. The first-order chi connectivity index (χ1) is 7.58. The van der Waals surface area contributed by atoms with E-state index in [2.05, 4.69) is 35.9 Å². The van der Waals surface area contributed by atoms with E-state index >= 15 is 0 Å². The molecule has 1 aliphatic heterocycles. The maximum absolute atomic E-state index is 5.81. The third kappa shape index (κ3) is 2.19. The van der Waals surface area contributed by atoms with Crippen molar-refractivity contribution >= 4 is 5.82 Å². The van der Waals surface area contributed by atoms with Crippen LogP contribution in [0, 0.1) is 11.8 Å². The molecule has 3 heteroatoms. The minimum absolute atomic E-state index is 0.0676. The van der Waals surface area contributed by atoms with Crippen LogP contribution in [0.3, 0.4) is 0 Å². The number of hydrogen-bond acceptors (Lipinski definition) is 3. The van der Waals surface area contributed by atoms with E-state index in [4.69, 9.17) is 5.73 Å². The summed E-state index contributed by atoms with van der Waals surface area (Å²) < 4.78 is 0. The van der Waals surface area contributed by atoms with Gasteiger partial charge in [-0.2, -0.15) is 0 Å². The zero-order chi connectivity index (χ0) is 11.7. The number of aromatic nitrogens is 1. The van der Waals surface area contributed by atoms with Crippen molar-refractivity contribution in [2.75, 3.05) is 18.0 Å². The zero-order valence-electron chi connectivity index (χ0n) is 10.4. The summed E-state index contributed by atoms with van der Waals surface area (Å²) in [5.41, 5.74) is 6.91. The van der Waals surface area contributed by atoms with Gasteiger partial charge in [0.2, 0.25) is 0 Å². The Morgan fingerprint density at radius 2 is 1.94 bits per heavy atom. The molecular weight excluding hydrogens is 198 g/mol. The molecule has 3 atom stereocenters. The second kappa shape index (κ2) is 4.42. The summed E-state index contributed by atoms with van der Waals surface area (Å²) in [5.74, 6) is 2.60. The van der Waals surface area contributed by atoms with Gasteiger partial charge in [0.05, 0.1) is 0 Å². The minimum Gasteiger partial charge on any atom is -0.356 e. The van der Waals surface area contributed by atoms with Gasteiger partial charge >= 0.3 is 0 Å². The maximum Gasteiger partial charge on any atom is 0.128 e. The maximum atomic E-state index is 5.81. The lowest BCUT2D eigenvalue weighted by Gasteiger charge is -2.17. The summed E-state index contributed by atoms with van der Waals surface area (Å²) in [6.07, 6.45) is 1.90. The lowest BCUT2D eigenvalue weighted by atomic mass is 10.0. The lowest BCUT2D eigenvalue weighted by Crippen LogP contribution is -2.20. The van der Waals surface area contributed by atoms with E-state index in [1.807, 2.05) is 13.1 Å². The third-order valence-electron chi connectivity index (χ3n) is 3.61. The lowest BCUT2D eigenvalue weighted by molar-refractivity contribution is 0.494. The van der Waals surface area contributed by atoms with Gasteiger partial charge in [0, 0.05) is 25.3 Å². The number of rotatable bonds is 2. The van der Waals surface area contributed by atoms with Crippen LogP contribution in [0.5, 0.6) is 0 Å². The van der Waals surface area contributed by atoms with Crippen molar-refractivity contribution in [2.24, 2.45) is 17.6 Å². The van der Waals surface area contributed by atoms with Crippen LogP contribution in [0.25, 0.3) is 0 Å². The second-order valence-electron chi connectivity index (χ2n) is 5.10. The molecule has 0 bridgehead atoms. The SMILES string of the molecule is CC1CN(c2ccc([C@@H](C)N)cn2)CC1C. The average molecular weight is 219 g/mol. The van der Waals surface area contributed by atoms with E-state index in [0.29, 0.717) is 0 Å². The van der Waals surface area contributed by atoms with E-state index in [0.717, 1.165) is 36.3 Å². The molecule has 3 nitrogen and oxygen atoms in total. The molecule has 1 saturated heterocycles. The molecule has 2 heterocycles. The van der Waals surface area contributed by atoms with E-state index in [1.54, 1.807) is 0 Å². The summed E-state index contributed by atoms with van der Waals surface area (Å²) in [5, 5.41) is 0. The molecule has 1 fully saturated rings. The molecule has 2 rings (SSSR count). The Labute approximate surface area is 97.7 Å². The summed E-state index contributed by atoms with van der Waals surface area (Å²) in [4.78, 5) is 6.86. The molecule has 0 amide bonds. The van der Waals surface area contributed by atoms with Crippen molar-refractivity contribution in [3.8, 4) is 0 Å². The van der Waals surface area contributed by atoms with E-state index in [1.165, 1.54) is 0 Å². The van der Waals surface area contributed by atoms with Crippen LogP contribution in [0.15, 0.2) is 18.3 Å². The zero-order valence-corrected chi connectivity index (χ0v) is 10.4. The standard InChI is InChI=1S/C13H21N3/c1-9-7-16(8-10(9)2)13-5-4-12(6-15-13)11(3)14/h4-6,9-11H,7-8,14H2,1-3H3/t9?,10?,11-/m1/s1. The van der Waals surface area contributed by atoms with Crippen LogP contribution in [0.2, 0.25) is 0 Å². The largest absolute Gasteiger partial charge is 0.356 e. The van der Waals surface area contributed by atoms with Gasteiger partial charge in [-0.05, 0) is 30.4 Å². The summed E-state index contributed by atoms with van der Waals surface area (Å²) in [7, 11) is 0. The Bertz CT molecular complexity index is 335. The molecule has 2 N–H and O–H groups in total. The van der Waals surface area contributed by atoms with Crippen LogP contribution in [-0.2, 0) is 0 Å². The van der Waals surface area contributed by atoms with Crippen molar-refractivity contribution in [1.82, 2.24) is 4.98 Å². The van der Waals surface area contributed by atoms with Crippen LogP contribution >= 0.6 is 0 Å². The fourth-order valence-electron chi connectivity index (χ4n) is 2.17. The quantitative estimate of drug-likeness (QED) is 0.829. The van der Waals surface area contributed by atoms with E-state index in [-0.39, 0.29) is 6.04 Å². The first-order valence-electron chi connectivity index (χ1n) is 6.04. The normalized spacial score (nSPS) is 27.1. The Kier molecular flexibility index (Phi) is 3.15. The molecule has 0 radical (unpaired) electrons. The highest BCUT2D eigenvalue weighted by molar-refractivity contribution is 5.41. The van der Waals surface area contributed by atoms with Crippen LogP contribution in [0.1, 0.15) is 32.4 Å². The highest BCUT2D eigenvalue weighted by atomic mass is 15.2. The molecule has 88 valence electrons. The van der Waals surface area contributed by atoms with Crippen LogP contribution in [-0.4, -0.2) is 18.1 Å². The molecule has 0 spiro atoms. The molecular formula is C13H21N3. The highest BCUT2D eigenvalue weighted by Crippen LogP contribution is 2.26. The molecule has 0 aliphatic carbocycles.